The molecule has 1 saturated carbocycles. The Bertz CT molecular complexity index is 898. The van der Waals surface area contributed by atoms with Crippen LogP contribution >= 0.6 is 0 Å². The first-order valence-corrected chi connectivity index (χ1v) is 11.5. The molecule has 1 aliphatic carbocycles. The van der Waals surface area contributed by atoms with Crippen molar-refractivity contribution in [2.45, 2.75) is 64.6 Å². The molecule has 0 spiro atoms. The molecule has 2 aromatic rings. The number of carbonyl (C=O) groups excluding carboxylic acids is 2. The summed E-state index contributed by atoms with van der Waals surface area (Å²) in [5, 5.41) is 22.5. The lowest BCUT2D eigenvalue weighted by molar-refractivity contribution is -0.144. The van der Waals surface area contributed by atoms with Gasteiger partial charge in [0.2, 0.25) is 11.8 Å². The highest BCUT2D eigenvalue weighted by atomic mass is 16.4. The van der Waals surface area contributed by atoms with E-state index >= 15 is 0 Å². The fourth-order valence-corrected chi connectivity index (χ4v) is 4.30. The predicted octanol–water partition coefficient (Wildman–Crippen LogP) is 2.54. The number of amides is 2. The van der Waals surface area contributed by atoms with Crippen molar-refractivity contribution in [3.05, 3.63) is 65.7 Å². The normalized spacial score (nSPS) is 15.3. The molecule has 1 atom stereocenters. The van der Waals surface area contributed by atoms with Gasteiger partial charge in [0, 0.05) is 18.5 Å². The Balaban J connectivity index is 2.01. The zero-order chi connectivity index (χ0) is 23.1. The highest BCUT2D eigenvalue weighted by molar-refractivity contribution is 6.58. The number of benzene rings is 2. The van der Waals surface area contributed by atoms with Crippen LogP contribution in [0.15, 0.2) is 54.6 Å². The standard InChI is InChI=1S/C25H33BN2O4/c1-18(2)25(30)28(17-19-10-5-3-6-11-19)23(20-12-9-13-21(16-20)26(31)32)24(29)27-22-14-7-4-8-15-22/h3,5-6,9-13,16,18,22-23,31-32H,4,7-8,14-15,17H2,1-2H3,(H,27,29). The van der Waals surface area contributed by atoms with Gasteiger partial charge >= 0.3 is 7.12 Å². The first-order valence-electron chi connectivity index (χ1n) is 11.5. The Morgan fingerprint density at radius 3 is 2.34 bits per heavy atom. The Labute approximate surface area is 190 Å². The maximum absolute atomic E-state index is 13.6. The van der Waals surface area contributed by atoms with Gasteiger partial charge in [-0.1, -0.05) is 87.7 Å². The minimum atomic E-state index is -1.65. The van der Waals surface area contributed by atoms with Crippen molar-refractivity contribution in [1.29, 1.82) is 0 Å². The summed E-state index contributed by atoms with van der Waals surface area (Å²) in [4.78, 5) is 28.6. The summed E-state index contributed by atoms with van der Waals surface area (Å²) < 4.78 is 0. The van der Waals surface area contributed by atoms with Crippen LogP contribution in [0.1, 0.15) is 63.1 Å². The Morgan fingerprint density at radius 1 is 1.03 bits per heavy atom. The molecule has 3 N–H and O–H groups in total. The number of hydrogen-bond donors (Lipinski definition) is 3. The molecular weight excluding hydrogens is 403 g/mol. The van der Waals surface area contributed by atoms with Gasteiger partial charge in [0.1, 0.15) is 6.04 Å². The second-order valence-corrected chi connectivity index (χ2v) is 8.90. The van der Waals surface area contributed by atoms with Crippen LogP contribution in [-0.2, 0) is 16.1 Å². The lowest BCUT2D eigenvalue weighted by atomic mass is 9.79. The van der Waals surface area contributed by atoms with E-state index in [2.05, 4.69) is 5.32 Å². The molecule has 3 rings (SSSR count). The highest BCUT2D eigenvalue weighted by Gasteiger charge is 2.34. The lowest BCUT2D eigenvalue weighted by Gasteiger charge is -2.34. The molecule has 0 heterocycles. The van der Waals surface area contributed by atoms with Crippen LogP contribution in [0.3, 0.4) is 0 Å². The van der Waals surface area contributed by atoms with Gasteiger partial charge in [0.05, 0.1) is 0 Å². The van der Waals surface area contributed by atoms with Gasteiger partial charge in [0.15, 0.2) is 0 Å². The highest BCUT2D eigenvalue weighted by Crippen LogP contribution is 2.27. The molecule has 0 bridgehead atoms. The molecule has 7 heteroatoms. The topological polar surface area (TPSA) is 89.9 Å². The summed E-state index contributed by atoms with van der Waals surface area (Å²) in [7, 11) is -1.65. The second kappa shape index (κ2) is 11.3. The van der Waals surface area contributed by atoms with E-state index in [1.807, 2.05) is 44.2 Å². The van der Waals surface area contributed by atoms with Gasteiger partial charge in [-0.3, -0.25) is 9.59 Å². The molecule has 2 aromatic carbocycles. The van der Waals surface area contributed by atoms with Crippen LogP contribution in [0.5, 0.6) is 0 Å². The molecule has 1 aliphatic rings. The van der Waals surface area contributed by atoms with E-state index in [1.165, 1.54) is 6.42 Å². The molecule has 1 fully saturated rings. The summed E-state index contributed by atoms with van der Waals surface area (Å²) in [6.45, 7) is 3.93. The van der Waals surface area contributed by atoms with Gasteiger partial charge in [-0.25, -0.2) is 0 Å². The molecule has 6 nitrogen and oxygen atoms in total. The van der Waals surface area contributed by atoms with Crippen molar-refractivity contribution in [2.24, 2.45) is 5.92 Å². The lowest BCUT2D eigenvalue weighted by Crippen LogP contribution is -2.48. The summed E-state index contributed by atoms with van der Waals surface area (Å²) >= 11 is 0. The quantitative estimate of drug-likeness (QED) is 0.555. The monoisotopic (exact) mass is 436 g/mol. The van der Waals surface area contributed by atoms with Crippen molar-refractivity contribution in [3.63, 3.8) is 0 Å². The third-order valence-corrected chi connectivity index (χ3v) is 6.01. The fraction of sp³-hybridized carbons (Fsp3) is 0.440. The second-order valence-electron chi connectivity index (χ2n) is 8.90. The van der Waals surface area contributed by atoms with Crippen molar-refractivity contribution < 1.29 is 19.6 Å². The summed E-state index contributed by atoms with van der Waals surface area (Å²) in [5.41, 5.74) is 1.78. The van der Waals surface area contributed by atoms with Crippen LogP contribution in [0, 0.1) is 5.92 Å². The minimum absolute atomic E-state index is 0.0955. The number of carbonyl (C=O) groups is 2. The number of hydrogen-bond acceptors (Lipinski definition) is 4. The third-order valence-electron chi connectivity index (χ3n) is 6.01. The first kappa shape index (κ1) is 24.0. The molecule has 32 heavy (non-hydrogen) atoms. The van der Waals surface area contributed by atoms with Crippen LogP contribution < -0.4 is 10.8 Å². The van der Waals surface area contributed by atoms with Crippen molar-refractivity contribution in [3.8, 4) is 0 Å². The van der Waals surface area contributed by atoms with Gasteiger partial charge in [0.25, 0.3) is 0 Å². The van der Waals surface area contributed by atoms with E-state index < -0.39 is 13.2 Å². The summed E-state index contributed by atoms with van der Waals surface area (Å²) in [6, 6.07) is 15.5. The fourth-order valence-electron chi connectivity index (χ4n) is 4.30. The van der Waals surface area contributed by atoms with E-state index in [4.69, 9.17) is 0 Å². The van der Waals surface area contributed by atoms with Crippen molar-refractivity contribution in [1.82, 2.24) is 10.2 Å². The van der Waals surface area contributed by atoms with Crippen LogP contribution in [0.25, 0.3) is 0 Å². The van der Waals surface area contributed by atoms with Gasteiger partial charge in [-0.05, 0) is 29.4 Å². The van der Waals surface area contributed by atoms with Crippen LogP contribution in [0.2, 0.25) is 0 Å². The van der Waals surface area contributed by atoms with Gasteiger partial charge in [-0.2, -0.15) is 0 Å². The molecule has 0 aromatic heterocycles. The number of rotatable bonds is 8. The smallest absolute Gasteiger partial charge is 0.423 e. The Kier molecular flexibility index (Phi) is 8.48. The third kappa shape index (κ3) is 6.21. The van der Waals surface area contributed by atoms with Crippen molar-refractivity contribution in [2.75, 3.05) is 0 Å². The van der Waals surface area contributed by atoms with Crippen LogP contribution in [0.4, 0.5) is 0 Å². The predicted molar refractivity (Wildman–Crippen MR) is 126 cm³/mol. The summed E-state index contributed by atoms with van der Waals surface area (Å²) in [5.74, 6) is -0.658. The average molecular weight is 436 g/mol. The molecule has 0 aliphatic heterocycles. The van der Waals surface area contributed by atoms with Crippen LogP contribution in [-0.4, -0.2) is 39.9 Å². The Hall–Kier alpha value is -2.64. The van der Waals surface area contributed by atoms with E-state index in [0.29, 0.717) is 5.56 Å². The first-order chi connectivity index (χ1) is 15.4. The maximum Gasteiger partial charge on any atom is 0.488 e. The molecule has 0 saturated heterocycles. The summed E-state index contributed by atoms with van der Waals surface area (Å²) in [6.07, 6.45) is 5.22. The van der Waals surface area contributed by atoms with E-state index in [-0.39, 0.29) is 35.8 Å². The minimum Gasteiger partial charge on any atom is -0.423 e. The maximum atomic E-state index is 13.6. The van der Waals surface area contributed by atoms with E-state index in [0.717, 1.165) is 31.2 Å². The molecule has 1 unspecified atom stereocenters. The molecule has 0 radical (unpaired) electrons. The average Bonchev–Trinajstić information content (AvgIpc) is 2.79. The Morgan fingerprint density at radius 2 is 1.72 bits per heavy atom. The zero-order valence-corrected chi connectivity index (χ0v) is 18.9. The van der Waals surface area contributed by atoms with Crippen molar-refractivity contribution >= 4 is 24.4 Å². The van der Waals surface area contributed by atoms with Gasteiger partial charge in [-0.15, -0.1) is 0 Å². The van der Waals surface area contributed by atoms with E-state index in [9.17, 15) is 19.6 Å². The largest absolute Gasteiger partial charge is 0.488 e. The molecular formula is C25H33BN2O4. The van der Waals surface area contributed by atoms with E-state index in [1.54, 1.807) is 29.2 Å². The number of nitrogens with one attached hydrogen (secondary N) is 1. The SMILES string of the molecule is CC(C)C(=O)N(Cc1ccccc1)C(C(=O)NC1CCCCC1)c1cccc(B(O)O)c1. The zero-order valence-electron chi connectivity index (χ0n) is 18.9. The molecule has 170 valence electrons. The molecule has 2 amide bonds. The van der Waals surface area contributed by atoms with Gasteiger partial charge < -0.3 is 20.3 Å². The number of nitrogens with zero attached hydrogens (tertiary/aromatic N) is 1.